The van der Waals surface area contributed by atoms with Crippen LogP contribution in [0.4, 0.5) is 0 Å². The third kappa shape index (κ3) is 2.11. The van der Waals surface area contributed by atoms with Gasteiger partial charge in [-0.3, -0.25) is 4.79 Å². The van der Waals surface area contributed by atoms with Gasteiger partial charge in [-0.15, -0.1) is 0 Å². The number of carbonyl (C=O) groups excluding carboxylic acids is 1. The van der Waals surface area contributed by atoms with Crippen molar-refractivity contribution < 1.29 is 9.90 Å². The van der Waals surface area contributed by atoms with Gasteiger partial charge in [0.15, 0.2) is 5.78 Å². The average Bonchev–Trinajstić information content (AvgIpc) is 2.86. The molecule has 0 spiro atoms. The SMILES string of the molecule is CC1=C2C(Br)C[C@@H]3[C@@H](CC[C@]4(C)CCC[C@@H]34)[C@@]2(C)CC(O)C1=O. The van der Waals surface area contributed by atoms with Crippen molar-refractivity contribution in [1.82, 2.24) is 0 Å². The number of ketones is 1. The molecule has 3 heteroatoms. The number of aliphatic hydroxyl groups excluding tert-OH is 1. The molecule has 0 saturated heterocycles. The molecule has 0 heterocycles. The highest BCUT2D eigenvalue weighted by Crippen LogP contribution is 2.66. The second-order valence-corrected chi connectivity index (χ2v) is 10.3. The van der Waals surface area contributed by atoms with Crippen molar-refractivity contribution >= 4 is 21.7 Å². The average molecular weight is 381 g/mol. The Hall–Kier alpha value is -0.150. The van der Waals surface area contributed by atoms with Gasteiger partial charge < -0.3 is 5.11 Å². The Morgan fingerprint density at radius 2 is 1.91 bits per heavy atom. The first-order chi connectivity index (χ1) is 10.8. The Labute approximate surface area is 148 Å². The van der Waals surface area contributed by atoms with E-state index in [0.29, 0.717) is 22.6 Å². The van der Waals surface area contributed by atoms with Crippen LogP contribution >= 0.6 is 15.9 Å². The smallest absolute Gasteiger partial charge is 0.187 e. The molecule has 0 aromatic heterocycles. The number of hydrogen-bond acceptors (Lipinski definition) is 2. The number of aliphatic hydroxyl groups is 1. The van der Waals surface area contributed by atoms with Crippen LogP contribution in [0.15, 0.2) is 11.1 Å². The van der Waals surface area contributed by atoms with E-state index < -0.39 is 6.10 Å². The summed E-state index contributed by atoms with van der Waals surface area (Å²) < 4.78 is 0. The highest BCUT2D eigenvalue weighted by Gasteiger charge is 2.59. The summed E-state index contributed by atoms with van der Waals surface area (Å²) in [7, 11) is 0. The minimum absolute atomic E-state index is 0.00157. The number of halogens is 1. The first-order valence-corrected chi connectivity index (χ1v) is 10.3. The summed E-state index contributed by atoms with van der Waals surface area (Å²) in [6, 6.07) is 0. The van der Waals surface area contributed by atoms with E-state index in [1.54, 1.807) is 0 Å². The van der Waals surface area contributed by atoms with E-state index in [1.807, 2.05) is 6.92 Å². The van der Waals surface area contributed by atoms with Gasteiger partial charge in [0, 0.05) is 4.83 Å². The van der Waals surface area contributed by atoms with E-state index in [-0.39, 0.29) is 11.2 Å². The third-order valence-corrected chi connectivity index (χ3v) is 8.97. The van der Waals surface area contributed by atoms with Gasteiger partial charge in [0.25, 0.3) is 0 Å². The zero-order valence-electron chi connectivity index (χ0n) is 14.6. The van der Waals surface area contributed by atoms with Gasteiger partial charge in [0.05, 0.1) is 0 Å². The van der Waals surface area contributed by atoms with Crippen molar-refractivity contribution in [3.63, 3.8) is 0 Å². The van der Waals surface area contributed by atoms with Crippen molar-refractivity contribution in [2.75, 3.05) is 0 Å². The molecule has 4 aliphatic carbocycles. The second-order valence-electron chi connectivity index (χ2n) is 9.21. The summed E-state index contributed by atoms with van der Waals surface area (Å²) in [4.78, 5) is 12.6. The predicted octanol–water partition coefficient (Wildman–Crippen LogP) is 4.64. The molecule has 2 nitrogen and oxygen atoms in total. The fourth-order valence-electron chi connectivity index (χ4n) is 7.12. The largest absolute Gasteiger partial charge is 0.385 e. The highest BCUT2D eigenvalue weighted by atomic mass is 79.9. The number of hydrogen-bond donors (Lipinski definition) is 1. The number of allylic oxidation sites excluding steroid dienone is 1. The Balaban J connectivity index is 1.79. The van der Waals surface area contributed by atoms with Crippen molar-refractivity contribution in [3.8, 4) is 0 Å². The molecule has 0 aromatic rings. The maximum Gasteiger partial charge on any atom is 0.187 e. The minimum Gasteiger partial charge on any atom is -0.385 e. The third-order valence-electron chi connectivity index (χ3n) is 8.14. The molecule has 128 valence electrons. The monoisotopic (exact) mass is 380 g/mol. The molecule has 23 heavy (non-hydrogen) atoms. The molecule has 4 aliphatic rings. The molecular weight excluding hydrogens is 352 g/mol. The maximum absolute atomic E-state index is 12.3. The predicted molar refractivity (Wildman–Crippen MR) is 95.4 cm³/mol. The molecule has 4 rings (SSSR count). The zero-order valence-corrected chi connectivity index (χ0v) is 16.2. The van der Waals surface area contributed by atoms with E-state index in [2.05, 4.69) is 29.8 Å². The summed E-state index contributed by atoms with van der Waals surface area (Å²) >= 11 is 3.94. The van der Waals surface area contributed by atoms with Crippen LogP contribution in [0.3, 0.4) is 0 Å². The molecule has 1 N–H and O–H groups in total. The molecule has 0 amide bonds. The Morgan fingerprint density at radius 1 is 1.17 bits per heavy atom. The maximum atomic E-state index is 12.3. The molecule has 3 fully saturated rings. The topological polar surface area (TPSA) is 37.3 Å². The van der Waals surface area contributed by atoms with Crippen LogP contribution in [-0.4, -0.2) is 21.8 Å². The van der Waals surface area contributed by atoms with Crippen LogP contribution in [0.1, 0.15) is 65.7 Å². The van der Waals surface area contributed by atoms with Gasteiger partial charge in [-0.05, 0) is 85.2 Å². The fraction of sp³-hybridized carbons (Fsp3) is 0.850. The lowest BCUT2D eigenvalue weighted by molar-refractivity contribution is -0.129. The number of fused-ring (bicyclic) bond motifs is 5. The Bertz CT molecular complexity index is 582. The summed E-state index contributed by atoms with van der Waals surface area (Å²) in [6.45, 7) is 6.79. The molecule has 3 saturated carbocycles. The van der Waals surface area contributed by atoms with Crippen LogP contribution in [0.25, 0.3) is 0 Å². The molecular formula is C20H29BrO2. The lowest BCUT2D eigenvalue weighted by atomic mass is 9.47. The van der Waals surface area contributed by atoms with Crippen molar-refractivity contribution in [2.24, 2.45) is 28.6 Å². The first kappa shape index (κ1) is 16.3. The summed E-state index contributed by atoms with van der Waals surface area (Å²) in [5.74, 6) is 2.19. The van der Waals surface area contributed by atoms with Gasteiger partial charge in [0.2, 0.25) is 0 Å². The van der Waals surface area contributed by atoms with Crippen LogP contribution in [0.2, 0.25) is 0 Å². The van der Waals surface area contributed by atoms with Crippen molar-refractivity contribution in [1.29, 1.82) is 0 Å². The normalized spacial score (nSPS) is 52.9. The fourth-order valence-corrected chi connectivity index (χ4v) is 8.41. The van der Waals surface area contributed by atoms with Crippen LogP contribution in [-0.2, 0) is 4.79 Å². The summed E-state index contributed by atoms with van der Waals surface area (Å²) in [5, 5.41) is 10.4. The van der Waals surface area contributed by atoms with Gasteiger partial charge in [-0.1, -0.05) is 36.2 Å². The van der Waals surface area contributed by atoms with E-state index in [0.717, 1.165) is 17.4 Å². The van der Waals surface area contributed by atoms with Gasteiger partial charge in [-0.2, -0.15) is 0 Å². The number of alkyl halides is 1. The van der Waals surface area contributed by atoms with Crippen LogP contribution in [0, 0.1) is 28.6 Å². The lowest BCUT2D eigenvalue weighted by Gasteiger charge is -2.59. The van der Waals surface area contributed by atoms with E-state index in [4.69, 9.17) is 0 Å². The zero-order chi connectivity index (χ0) is 16.6. The highest BCUT2D eigenvalue weighted by molar-refractivity contribution is 9.09. The Morgan fingerprint density at radius 3 is 2.65 bits per heavy atom. The molecule has 0 aromatic carbocycles. The van der Waals surface area contributed by atoms with Gasteiger partial charge in [-0.25, -0.2) is 0 Å². The van der Waals surface area contributed by atoms with Crippen molar-refractivity contribution in [3.05, 3.63) is 11.1 Å². The number of Topliss-reactive ketones (excluding diaryl/α,β-unsaturated/α-hetero) is 1. The Kier molecular flexibility index (Phi) is 3.67. The van der Waals surface area contributed by atoms with Crippen LogP contribution in [0.5, 0.6) is 0 Å². The number of rotatable bonds is 0. The molecule has 2 unspecified atom stereocenters. The molecule has 0 bridgehead atoms. The quantitative estimate of drug-likeness (QED) is 0.621. The van der Waals surface area contributed by atoms with Gasteiger partial charge in [0.1, 0.15) is 6.10 Å². The van der Waals surface area contributed by atoms with Crippen LogP contribution < -0.4 is 0 Å². The lowest BCUT2D eigenvalue weighted by Crippen LogP contribution is -2.54. The second kappa shape index (κ2) is 5.17. The standard InChI is InChI=1S/C20H29BrO2/c1-11-17-15(21)9-12-13-5-4-7-19(13,2)8-6-14(12)20(17,3)10-16(22)18(11)23/h12-16,22H,4-10H2,1-3H3/t12-,13-,14+,15?,16?,19-,20+/m0/s1. The summed E-state index contributed by atoms with van der Waals surface area (Å²) in [6.07, 6.45) is 7.78. The van der Waals surface area contributed by atoms with Crippen molar-refractivity contribution in [2.45, 2.75) is 76.6 Å². The molecule has 0 aliphatic heterocycles. The van der Waals surface area contributed by atoms with E-state index in [1.165, 1.54) is 44.1 Å². The molecule has 0 radical (unpaired) electrons. The minimum atomic E-state index is -0.793. The summed E-state index contributed by atoms with van der Waals surface area (Å²) in [5.41, 5.74) is 2.70. The number of carbonyl (C=O) groups is 1. The van der Waals surface area contributed by atoms with E-state index in [9.17, 15) is 9.90 Å². The van der Waals surface area contributed by atoms with E-state index >= 15 is 0 Å². The molecule has 7 atom stereocenters. The first-order valence-electron chi connectivity index (χ1n) is 9.35. The van der Waals surface area contributed by atoms with Gasteiger partial charge >= 0.3 is 0 Å².